The molecule has 0 radical (unpaired) electrons. The summed E-state index contributed by atoms with van der Waals surface area (Å²) in [5, 5.41) is 13.8. The van der Waals surface area contributed by atoms with Gasteiger partial charge in [-0.3, -0.25) is 9.69 Å². The van der Waals surface area contributed by atoms with Crippen LogP contribution in [0, 0.1) is 13.8 Å². The highest BCUT2D eigenvalue weighted by atomic mass is 16.1. The summed E-state index contributed by atoms with van der Waals surface area (Å²) in [6, 6.07) is 16.6. The number of rotatable bonds is 7. The van der Waals surface area contributed by atoms with Crippen molar-refractivity contribution in [2.45, 2.75) is 72.6 Å². The number of aromatic nitrogens is 5. The van der Waals surface area contributed by atoms with E-state index in [-0.39, 0.29) is 17.1 Å². The molecule has 0 aliphatic rings. The minimum atomic E-state index is -0.250. The molecule has 0 saturated heterocycles. The zero-order valence-corrected chi connectivity index (χ0v) is 21.0. The van der Waals surface area contributed by atoms with Gasteiger partial charge in [-0.05, 0) is 80.1 Å². The smallest absolute Gasteiger partial charge is 0.252 e. The maximum Gasteiger partial charge on any atom is 0.252 e. The number of hydrogen-bond donors (Lipinski definition) is 1. The molecule has 4 rings (SSSR count). The Hall–Kier alpha value is -3.32. The third-order valence-electron chi connectivity index (χ3n) is 6.21. The van der Waals surface area contributed by atoms with Crippen LogP contribution in [-0.4, -0.2) is 30.1 Å². The SMILES string of the molecule is CCC(c1nnnn1C(C)(C)C)N(Cc1ccc(C)cc1)Cc1cc2ccc(C)cc2[nH]c1=O. The molecule has 1 N–H and O–H groups in total. The number of nitrogens with one attached hydrogen (secondary N) is 1. The summed E-state index contributed by atoms with van der Waals surface area (Å²) in [6.45, 7) is 13.7. The van der Waals surface area contributed by atoms with Crippen LogP contribution >= 0.6 is 0 Å². The van der Waals surface area contributed by atoms with Crippen LogP contribution in [0.2, 0.25) is 0 Å². The predicted octanol–water partition coefficient (Wildman–Crippen LogP) is 5.04. The first-order valence-electron chi connectivity index (χ1n) is 11.9. The lowest BCUT2D eigenvalue weighted by Crippen LogP contribution is -2.35. The summed E-state index contributed by atoms with van der Waals surface area (Å²) in [5.41, 5.74) is 4.82. The Morgan fingerprint density at radius 2 is 1.71 bits per heavy atom. The van der Waals surface area contributed by atoms with Gasteiger partial charge in [0.2, 0.25) is 0 Å². The molecule has 178 valence electrons. The zero-order chi connectivity index (χ0) is 24.5. The van der Waals surface area contributed by atoms with E-state index in [4.69, 9.17) is 0 Å². The van der Waals surface area contributed by atoms with Crippen LogP contribution in [0.25, 0.3) is 10.9 Å². The van der Waals surface area contributed by atoms with Gasteiger partial charge in [0.15, 0.2) is 5.82 Å². The van der Waals surface area contributed by atoms with E-state index < -0.39 is 0 Å². The minimum Gasteiger partial charge on any atom is -0.322 e. The van der Waals surface area contributed by atoms with E-state index >= 15 is 0 Å². The third-order valence-corrected chi connectivity index (χ3v) is 6.21. The maximum atomic E-state index is 13.1. The highest BCUT2D eigenvalue weighted by molar-refractivity contribution is 5.79. The van der Waals surface area contributed by atoms with E-state index in [0.29, 0.717) is 13.1 Å². The first-order valence-corrected chi connectivity index (χ1v) is 11.9. The van der Waals surface area contributed by atoms with Crippen molar-refractivity contribution in [1.82, 2.24) is 30.1 Å². The summed E-state index contributed by atoms with van der Waals surface area (Å²) in [5.74, 6) is 0.815. The molecule has 0 aliphatic heterocycles. The van der Waals surface area contributed by atoms with Crippen molar-refractivity contribution in [3.05, 3.63) is 87.0 Å². The van der Waals surface area contributed by atoms with Gasteiger partial charge in [-0.2, -0.15) is 0 Å². The molecular formula is C27H34N6O. The fourth-order valence-electron chi connectivity index (χ4n) is 4.38. The van der Waals surface area contributed by atoms with Crippen LogP contribution in [0.3, 0.4) is 0 Å². The average Bonchev–Trinajstić information content (AvgIpc) is 3.26. The van der Waals surface area contributed by atoms with Crippen LogP contribution in [-0.2, 0) is 18.6 Å². The molecule has 34 heavy (non-hydrogen) atoms. The molecule has 0 aliphatic carbocycles. The van der Waals surface area contributed by atoms with Crippen molar-refractivity contribution < 1.29 is 0 Å². The fourth-order valence-corrected chi connectivity index (χ4v) is 4.38. The quantitative estimate of drug-likeness (QED) is 0.420. The van der Waals surface area contributed by atoms with Gasteiger partial charge >= 0.3 is 0 Å². The molecule has 0 spiro atoms. The van der Waals surface area contributed by atoms with Crippen molar-refractivity contribution in [3.63, 3.8) is 0 Å². The predicted molar refractivity (Wildman–Crippen MR) is 136 cm³/mol. The number of benzene rings is 2. The molecule has 0 amide bonds. The number of nitrogens with zero attached hydrogens (tertiary/aromatic N) is 5. The monoisotopic (exact) mass is 458 g/mol. The van der Waals surface area contributed by atoms with Crippen molar-refractivity contribution >= 4 is 10.9 Å². The van der Waals surface area contributed by atoms with Gasteiger partial charge in [0.05, 0.1) is 11.6 Å². The molecule has 1 atom stereocenters. The Labute approximate surface area is 200 Å². The normalized spacial score (nSPS) is 13.0. The molecule has 2 aromatic carbocycles. The van der Waals surface area contributed by atoms with Crippen molar-refractivity contribution in [2.24, 2.45) is 0 Å². The summed E-state index contributed by atoms with van der Waals surface area (Å²) >= 11 is 0. The van der Waals surface area contributed by atoms with E-state index in [2.05, 4.69) is 96.4 Å². The first-order chi connectivity index (χ1) is 16.2. The lowest BCUT2D eigenvalue weighted by atomic mass is 10.0. The largest absolute Gasteiger partial charge is 0.322 e. The Kier molecular flexibility index (Phi) is 6.66. The number of pyridine rings is 1. The van der Waals surface area contributed by atoms with Gasteiger partial charge in [-0.15, -0.1) is 5.10 Å². The molecule has 4 aromatic rings. The van der Waals surface area contributed by atoms with Crippen LogP contribution in [0.1, 0.15) is 68.2 Å². The highest BCUT2D eigenvalue weighted by Crippen LogP contribution is 2.29. The first kappa shape index (κ1) is 23.8. The third kappa shape index (κ3) is 5.09. The number of tetrazole rings is 1. The second-order valence-electron chi connectivity index (χ2n) is 10.1. The lowest BCUT2D eigenvalue weighted by molar-refractivity contribution is 0.153. The summed E-state index contributed by atoms with van der Waals surface area (Å²) < 4.78 is 1.90. The van der Waals surface area contributed by atoms with Crippen LogP contribution < -0.4 is 5.56 Å². The van der Waals surface area contributed by atoms with E-state index in [1.807, 2.05) is 23.7 Å². The van der Waals surface area contributed by atoms with Crippen LogP contribution in [0.15, 0.2) is 53.3 Å². The molecule has 2 aromatic heterocycles. The van der Waals surface area contributed by atoms with E-state index in [9.17, 15) is 4.79 Å². The fraction of sp³-hybridized carbons (Fsp3) is 0.407. The van der Waals surface area contributed by atoms with Crippen molar-refractivity contribution in [3.8, 4) is 0 Å². The lowest BCUT2D eigenvalue weighted by Gasteiger charge is -2.32. The Bertz CT molecular complexity index is 1330. The Morgan fingerprint density at radius 3 is 2.38 bits per heavy atom. The standard InChI is InChI=1S/C27H34N6O/c1-7-24(25-29-30-31-33(25)27(4,5)6)32(16-20-11-8-18(2)9-12-20)17-22-15-21-13-10-19(3)14-23(21)28-26(22)34/h8-15,24H,7,16-17H2,1-6H3,(H,28,34). The highest BCUT2D eigenvalue weighted by Gasteiger charge is 2.29. The molecule has 7 heteroatoms. The number of fused-ring (bicyclic) bond motifs is 1. The topological polar surface area (TPSA) is 79.7 Å². The van der Waals surface area contributed by atoms with Crippen molar-refractivity contribution in [2.75, 3.05) is 0 Å². The zero-order valence-electron chi connectivity index (χ0n) is 21.0. The number of hydrogen-bond acceptors (Lipinski definition) is 5. The Balaban J connectivity index is 1.76. The van der Waals surface area contributed by atoms with E-state index in [1.54, 1.807) is 0 Å². The van der Waals surface area contributed by atoms with Gasteiger partial charge in [-0.1, -0.05) is 48.9 Å². The second-order valence-corrected chi connectivity index (χ2v) is 10.1. The number of aromatic amines is 1. The van der Waals surface area contributed by atoms with Crippen LogP contribution in [0.4, 0.5) is 0 Å². The molecular weight excluding hydrogens is 424 g/mol. The van der Waals surface area contributed by atoms with Crippen molar-refractivity contribution in [1.29, 1.82) is 0 Å². The Morgan fingerprint density at radius 1 is 1.00 bits per heavy atom. The number of H-pyrrole nitrogens is 1. The minimum absolute atomic E-state index is 0.0522. The van der Waals surface area contributed by atoms with Gasteiger partial charge in [-0.25, -0.2) is 4.68 Å². The van der Waals surface area contributed by atoms with Gasteiger partial charge < -0.3 is 4.98 Å². The van der Waals surface area contributed by atoms with Gasteiger partial charge in [0.1, 0.15) is 0 Å². The summed E-state index contributed by atoms with van der Waals surface area (Å²) in [6.07, 6.45) is 0.812. The maximum absolute atomic E-state index is 13.1. The molecule has 1 unspecified atom stereocenters. The van der Waals surface area contributed by atoms with E-state index in [0.717, 1.165) is 34.3 Å². The molecule has 0 fully saturated rings. The molecule has 2 heterocycles. The molecule has 7 nitrogen and oxygen atoms in total. The molecule has 0 bridgehead atoms. The average molecular weight is 459 g/mol. The second kappa shape index (κ2) is 9.50. The van der Waals surface area contributed by atoms with Crippen LogP contribution in [0.5, 0.6) is 0 Å². The number of aryl methyl sites for hydroxylation is 2. The molecule has 0 saturated carbocycles. The van der Waals surface area contributed by atoms with Gasteiger partial charge in [0, 0.05) is 24.2 Å². The van der Waals surface area contributed by atoms with E-state index in [1.165, 1.54) is 11.1 Å². The summed E-state index contributed by atoms with van der Waals surface area (Å²) in [4.78, 5) is 18.5. The van der Waals surface area contributed by atoms with Gasteiger partial charge in [0.25, 0.3) is 5.56 Å². The summed E-state index contributed by atoms with van der Waals surface area (Å²) in [7, 11) is 0.